The lowest BCUT2D eigenvalue weighted by Crippen LogP contribution is -2.03. The summed E-state index contributed by atoms with van der Waals surface area (Å²) in [6.07, 6.45) is 0. The van der Waals surface area contributed by atoms with E-state index < -0.39 is 0 Å². The van der Waals surface area contributed by atoms with Gasteiger partial charge < -0.3 is 10.1 Å². The number of halogens is 1. The van der Waals surface area contributed by atoms with Crippen molar-refractivity contribution < 1.29 is 9.53 Å². The Kier molecular flexibility index (Phi) is 3.95. The maximum Gasteiger partial charge on any atom is 0.340 e. The van der Waals surface area contributed by atoms with Crippen molar-refractivity contribution in [3.63, 3.8) is 0 Å². The molecule has 0 bridgehead atoms. The number of carbonyl (C=O) groups is 1. The van der Waals surface area contributed by atoms with Crippen LogP contribution in [-0.2, 0) is 4.74 Å². The number of carbonyl (C=O) groups excluding carboxylic acids is 1. The molecular formula is C9H12BrNO2S. The van der Waals surface area contributed by atoms with Gasteiger partial charge in [-0.05, 0) is 35.3 Å². The van der Waals surface area contributed by atoms with Gasteiger partial charge in [0, 0.05) is 6.54 Å². The molecule has 1 aromatic rings. The van der Waals surface area contributed by atoms with Crippen molar-refractivity contribution >= 4 is 38.2 Å². The fourth-order valence-electron chi connectivity index (χ4n) is 1.14. The predicted molar refractivity (Wildman–Crippen MR) is 62.3 cm³/mol. The van der Waals surface area contributed by atoms with Crippen LogP contribution in [0.1, 0.15) is 22.8 Å². The fourth-order valence-corrected chi connectivity index (χ4v) is 3.08. The smallest absolute Gasteiger partial charge is 0.340 e. The topological polar surface area (TPSA) is 38.3 Å². The molecule has 0 atom stereocenters. The summed E-state index contributed by atoms with van der Waals surface area (Å²) in [6, 6.07) is 0. The minimum Gasteiger partial charge on any atom is -0.465 e. The lowest BCUT2D eigenvalue weighted by molar-refractivity contribution is 0.0599. The highest BCUT2D eigenvalue weighted by Gasteiger charge is 2.19. The zero-order chi connectivity index (χ0) is 10.7. The van der Waals surface area contributed by atoms with Crippen LogP contribution < -0.4 is 5.32 Å². The van der Waals surface area contributed by atoms with E-state index in [0.717, 1.165) is 20.9 Å². The normalized spacial score (nSPS) is 10.0. The van der Waals surface area contributed by atoms with Crippen molar-refractivity contribution in [2.75, 3.05) is 19.0 Å². The summed E-state index contributed by atoms with van der Waals surface area (Å²) in [6.45, 7) is 4.77. The van der Waals surface area contributed by atoms with Crippen LogP contribution in [0.3, 0.4) is 0 Å². The summed E-state index contributed by atoms with van der Waals surface area (Å²) in [5.74, 6) is -0.297. The molecule has 0 aliphatic heterocycles. The van der Waals surface area contributed by atoms with E-state index >= 15 is 0 Å². The largest absolute Gasteiger partial charge is 0.465 e. The van der Waals surface area contributed by atoms with Crippen molar-refractivity contribution in [3.8, 4) is 0 Å². The Morgan fingerprint density at radius 2 is 2.29 bits per heavy atom. The molecule has 0 fully saturated rings. The number of anilines is 1. The van der Waals surface area contributed by atoms with Gasteiger partial charge in [0.1, 0.15) is 0 Å². The van der Waals surface area contributed by atoms with Crippen LogP contribution in [0.15, 0.2) is 3.79 Å². The van der Waals surface area contributed by atoms with Crippen LogP contribution in [-0.4, -0.2) is 19.6 Å². The van der Waals surface area contributed by atoms with E-state index in [1.807, 2.05) is 13.8 Å². The molecule has 0 aliphatic carbocycles. The lowest BCUT2D eigenvalue weighted by atomic mass is 10.2. The first-order chi connectivity index (χ1) is 6.61. The molecule has 1 aromatic heterocycles. The average molecular weight is 278 g/mol. The summed E-state index contributed by atoms with van der Waals surface area (Å²) in [5.41, 5.74) is 1.56. The molecule has 14 heavy (non-hydrogen) atoms. The van der Waals surface area contributed by atoms with Crippen molar-refractivity contribution in [2.45, 2.75) is 13.8 Å². The molecular weight excluding hydrogens is 266 g/mol. The average Bonchev–Trinajstić information content (AvgIpc) is 2.42. The van der Waals surface area contributed by atoms with Gasteiger partial charge >= 0.3 is 5.97 Å². The van der Waals surface area contributed by atoms with Crippen molar-refractivity contribution in [3.05, 3.63) is 14.9 Å². The maximum atomic E-state index is 11.4. The van der Waals surface area contributed by atoms with Crippen LogP contribution in [0.4, 0.5) is 5.00 Å². The first kappa shape index (κ1) is 11.5. The fraction of sp³-hybridized carbons (Fsp3) is 0.444. The van der Waals surface area contributed by atoms with Gasteiger partial charge in [-0.1, -0.05) is 0 Å². The van der Waals surface area contributed by atoms with Gasteiger partial charge in [0.05, 0.1) is 21.5 Å². The monoisotopic (exact) mass is 277 g/mol. The summed E-state index contributed by atoms with van der Waals surface area (Å²) in [7, 11) is 1.39. The Morgan fingerprint density at radius 1 is 1.64 bits per heavy atom. The third kappa shape index (κ3) is 2.09. The second-order valence-corrected chi connectivity index (χ2v) is 5.07. The molecule has 1 rings (SSSR count). The molecule has 0 saturated heterocycles. The van der Waals surface area contributed by atoms with Gasteiger partial charge in [-0.2, -0.15) is 0 Å². The van der Waals surface area contributed by atoms with E-state index in [9.17, 15) is 4.79 Å². The number of rotatable bonds is 3. The summed E-state index contributed by atoms with van der Waals surface area (Å²) >= 11 is 4.87. The zero-order valence-electron chi connectivity index (χ0n) is 8.31. The van der Waals surface area contributed by atoms with Gasteiger partial charge in [0.2, 0.25) is 0 Å². The zero-order valence-corrected chi connectivity index (χ0v) is 10.7. The Bertz CT molecular complexity index is 349. The molecule has 0 aliphatic rings. The van der Waals surface area contributed by atoms with Crippen molar-refractivity contribution in [2.24, 2.45) is 0 Å². The SMILES string of the molecule is CCNc1sc(Br)c(C(=O)OC)c1C. The van der Waals surface area contributed by atoms with Crippen molar-refractivity contribution in [1.82, 2.24) is 0 Å². The summed E-state index contributed by atoms with van der Waals surface area (Å²) in [4.78, 5) is 11.4. The van der Waals surface area contributed by atoms with Crippen LogP contribution in [0.5, 0.6) is 0 Å². The van der Waals surface area contributed by atoms with E-state index in [0.29, 0.717) is 5.56 Å². The number of thiophene rings is 1. The second-order valence-electron chi connectivity index (χ2n) is 2.73. The van der Waals surface area contributed by atoms with Crippen LogP contribution in [0.25, 0.3) is 0 Å². The molecule has 3 nitrogen and oxygen atoms in total. The van der Waals surface area contributed by atoms with E-state index in [-0.39, 0.29) is 5.97 Å². The lowest BCUT2D eigenvalue weighted by Gasteiger charge is -2.01. The molecule has 0 radical (unpaired) electrons. The number of hydrogen-bond donors (Lipinski definition) is 1. The standard InChI is InChI=1S/C9H12BrNO2S/c1-4-11-8-5(2)6(7(10)14-8)9(12)13-3/h11H,4H2,1-3H3. The van der Waals surface area contributed by atoms with Gasteiger partial charge in [-0.25, -0.2) is 4.79 Å². The minimum absolute atomic E-state index is 0.297. The molecule has 0 spiro atoms. The number of methoxy groups -OCH3 is 1. The minimum atomic E-state index is -0.297. The Labute approximate surface area is 95.6 Å². The van der Waals surface area contributed by atoms with Crippen LogP contribution in [0.2, 0.25) is 0 Å². The quantitative estimate of drug-likeness (QED) is 0.864. The highest BCUT2D eigenvalue weighted by molar-refractivity contribution is 9.11. The Hall–Kier alpha value is -0.550. The first-order valence-corrected chi connectivity index (χ1v) is 5.83. The third-order valence-electron chi connectivity index (χ3n) is 1.83. The maximum absolute atomic E-state index is 11.4. The summed E-state index contributed by atoms with van der Waals surface area (Å²) < 4.78 is 5.52. The highest BCUT2D eigenvalue weighted by atomic mass is 79.9. The molecule has 0 unspecified atom stereocenters. The van der Waals surface area contributed by atoms with Gasteiger partial charge in [-0.3, -0.25) is 0 Å². The number of ether oxygens (including phenoxy) is 1. The number of nitrogens with one attached hydrogen (secondary N) is 1. The predicted octanol–water partition coefficient (Wildman–Crippen LogP) is 3.04. The van der Waals surface area contributed by atoms with Gasteiger partial charge in [-0.15, -0.1) is 11.3 Å². The molecule has 1 N–H and O–H groups in total. The second kappa shape index (κ2) is 4.79. The van der Waals surface area contributed by atoms with Gasteiger partial charge in [0.15, 0.2) is 0 Å². The molecule has 1 heterocycles. The van der Waals surface area contributed by atoms with E-state index in [1.165, 1.54) is 18.4 Å². The molecule has 0 amide bonds. The number of esters is 1. The van der Waals surface area contributed by atoms with E-state index in [1.54, 1.807) is 0 Å². The van der Waals surface area contributed by atoms with Crippen LogP contribution >= 0.6 is 27.3 Å². The molecule has 0 saturated carbocycles. The molecule has 78 valence electrons. The van der Waals surface area contributed by atoms with Crippen LogP contribution in [0, 0.1) is 6.92 Å². The van der Waals surface area contributed by atoms with Crippen molar-refractivity contribution in [1.29, 1.82) is 0 Å². The summed E-state index contributed by atoms with van der Waals surface area (Å²) in [5, 5.41) is 4.21. The van der Waals surface area contributed by atoms with E-state index in [4.69, 9.17) is 4.74 Å². The highest BCUT2D eigenvalue weighted by Crippen LogP contribution is 2.36. The Balaban J connectivity index is 3.11. The Morgan fingerprint density at radius 3 is 2.79 bits per heavy atom. The van der Waals surface area contributed by atoms with Gasteiger partial charge in [0.25, 0.3) is 0 Å². The molecule has 0 aromatic carbocycles. The molecule has 5 heteroatoms. The third-order valence-corrected chi connectivity index (χ3v) is 3.75. The number of hydrogen-bond acceptors (Lipinski definition) is 4. The first-order valence-electron chi connectivity index (χ1n) is 4.22. The van der Waals surface area contributed by atoms with E-state index in [2.05, 4.69) is 21.2 Å².